The average molecular weight is 338 g/mol. The van der Waals surface area contributed by atoms with Crippen LogP contribution in [0.25, 0.3) is 0 Å². The minimum atomic E-state index is -0.723. The first-order valence-electron chi connectivity index (χ1n) is 9.02. The zero-order chi connectivity index (χ0) is 18.9. The number of ketones is 1. The van der Waals surface area contributed by atoms with Crippen molar-refractivity contribution < 1.29 is 14.4 Å². The number of hydrogen-bond donors (Lipinski definition) is 1. The van der Waals surface area contributed by atoms with Crippen LogP contribution < -0.4 is 5.32 Å². The van der Waals surface area contributed by atoms with Gasteiger partial charge in [0.2, 0.25) is 5.91 Å². The smallest absolute Gasteiger partial charge is 0.324 e. The Hall–Kier alpha value is -1.39. The molecule has 1 aliphatic rings. The predicted molar refractivity (Wildman–Crippen MR) is 95.6 cm³/mol. The number of hydrogen-bond acceptors (Lipinski definition) is 3. The highest BCUT2D eigenvalue weighted by Gasteiger charge is 2.53. The maximum atomic E-state index is 13.1. The minimum Gasteiger partial charge on any atom is -0.332 e. The van der Waals surface area contributed by atoms with E-state index in [0.29, 0.717) is 19.3 Å². The molecule has 1 fully saturated rings. The molecule has 0 aromatic carbocycles. The van der Waals surface area contributed by atoms with E-state index in [2.05, 4.69) is 26.1 Å². The number of carbonyl (C=O) groups excluding carboxylic acids is 3. The topological polar surface area (TPSA) is 66.5 Å². The summed E-state index contributed by atoms with van der Waals surface area (Å²) in [5.41, 5.74) is -0.462. The second kappa shape index (κ2) is 7.24. The van der Waals surface area contributed by atoms with Gasteiger partial charge in [0, 0.05) is 6.42 Å². The first-order valence-corrected chi connectivity index (χ1v) is 9.02. The van der Waals surface area contributed by atoms with Gasteiger partial charge < -0.3 is 5.32 Å². The Bertz CT molecular complexity index is 500. The van der Waals surface area contributed by atoms with Crippen LogP contribution in [0.4, 0.5) is 4.79 Å². The van der Waals surface area contributed by atoms with Crippen LogP contribution in [0, 0.1) is 16.7 Å². The molecule has 0 saturated carbocycles. The molecule has 0 spiro atoms. The molecular weight excluding hydrogens is 304 g/mol. The van der Waals surface area contributed by atoms with Crippen molar-refractivity contribution in [3.05, 3.63) is 0 Å². The first kappa shape index (κ1) is 20.7. The lowest BCUT2D eigenvalue weighted by atomic mass is 9.73. The molecule has 1 saturated heterocycles. The average Bonchev–Trinajstić information content (AvgIpc) is 2.77. The van der Waals surface area contributed by atoms with Crippen LogP contribution in [0.5, 0.6) is 0 Å². The minimum absolute atomic E-state index is 0.0651. The Balaban J connectivity index is 3.25. The van der Waals surface area contributed by atoms with Gasteiger partial charge in [-0.2, -0.15) is 0 Å². The number of nitrogens with one attached hydrogen (secondary N) is 1. The molecule has 0 aromatic rings. The van der Waals surface area contributed by atoms with Crippen molar-refractivity contribution in [3.63, 3.8) is 0 Å². The molecule has 0 aliphatic carbocycles. The van der Waals surface area contributed by atoms with E-state index in [4.69, 9.17) is 0 Å². The van der Waals surface area contributed by atoms with Crippen LogP contribution in [0.15, 0.2) is 0 Å². The van der Waals surface area contributed by atoms with Crippen molar-refractivity contribution in [2.24, 2.45) is 16.7 Å². The van der Waals surface area contributed by atoms with Crippen molar-refractivity contribution in [3.8, 4) is 0 Å². The standard InChI is InChI=1S/C19H34N2O3/c1-9-11-13(22)12(10-2)16(23)21-15(19(6,7)8)14(18(3,4)5)20-17(21)24/h12,14-15H,9-11H2,1-8H3,(H,20,24)/t12?,14-,15-/m0/s1. The van der Waals surface area contributed by atoms with Crippen LogP contribution in [0.3, 0.4) is 0 Å². The third kappa shape index (κ3) is 4.17. The van der Waals surface area contributed by atoms with Crippen LogP contribution in [0.2, 0.25) is 0 Å². The van der Waals surface area contributed by atoms with Gasteiger partial charge in [0.05, 0.1) is 18.0 Å². The van der Waals surface area contributed by atoms with Crippen LogP contribution in [-0.4, -0.2) is 34.7 Å². The lowest BCUT2D eigenvalue weighted by Crippen LogP contribution is -2.54. The molecule has 3 amide bonds. The first-order chi connectivity index (χ1) is 10.9. The SMILES string of the molecule is CCCC(=O)C(CC)C(=O)N1C(=O)N[C@H](C(C)(C)C)[C@H]1C(C)(C)C. The van der Waals surface area contributed by atoms with Crippen molar-refractivity contribution in [1.82, 2.24) is 10.2 Å². The summed E-state index contributed by atoms with van der Waals surface area (Å²) in [6.45, 7) is 16.0. The highest BCUT2D eigenvalue weighted by atomic mass is 16.2. The molecular formula is C19H34N2O3. The van der Waals surface area contributed by atoms with E-state index in [1.165, 1.54) is 4.90 Å². The Kier molecular flexibility index (Phi) is 6.23. The number of imide groups is 1. The molecule has 1 N–H and O–H groups in total. The molecule has 0 radical (unpaired) electrons. The third-order valence-corrected chi connectivity index (χ3v) is 4.74. The van der Waals surface area contributed by atoms with Gasteiger partial charge in [-0.15, -0.1) is 0 Å². The van der Waals surface area contributed by atoms with Gasteiger partial charge in [-0.05, 0) is 23.7 Å². The fourth-order valence-corrected chi connectivity index (χ4v) is 3.50. The molecule has 138 valence electrons. The van der Waals surface area contributed by atoms with Gasteiger partial charge in [-0.3, -0.25) is 14.5 Å². The maximum Gasteiger partial charge on any atom is 0.324 e. The van der Waals surface area contributed by atoms with E-state index in [1.807, 2.05) is 34.6 Å². The van der Waals surface area contributed by atoms with Crippen molar-refractivity contribution in [2.75, 3.05) is 0 Å². The van der Waals surface area contributed by atoms with E-state index in [-0.39, 0.29) is 40.6 Å². The van der Waals surface area contributed by atoms with Gasteiger partial charge in [0.15, 0.2) is 0 Å². The summed E-state index contributed by atoms with van der Waals surface area (Å²) in [4.78, 5) is 39.4. The molecule has 1 heterocycles. The monoisotopic (exact) mass is 338 g/mol. The third-order valence-electron chi connectivity index (χ3n) is 4.74. The van der Waals surface area contributed by atoms with Gasteiger partial charge in [0.1, 0.15) is 5.78 Å². The maximum absolute atomic E-state index is 13.1. The summed E-state index contributed by atoms with van der Waals surface area (Å²) in [5, 5.41) is 2.99. The summed E-state index contributed by atoms with van der Waals surface area (Å²) in [5.74, 6) is -1.14. The van der Waals surface area contributed by atoms with Gasteiger partial charge in [0.25, 0.3) is 0 Å². The predicted octanol–water partition coefficient (Wildman–Crippen LogP) is 3.76. The van der Waals surface area contributed by atoms with E-state index in [9.17, 15) is 14.4 Å². The molecule has 1 aliphatic heterocycles. The van der Waals surface area contributed by atoms with Gasteiger partial charge in [-0.25, -0.2) is 4.79 Å². The number of nitrogens with zero attached hydrogens (tertiary/aromatic N) is 1. The van der Waals surface area contributed by atoms with Crippen LogP contribution >= 0.6 is 0 Å². The molecule has 24 heavy (non-hydrogen) atoms. The highest BCUT2D eigenvalue weighted by molar-refractivity contribution is 6.07. The molecule has 0 bridgehead atoms. The quantitative estimate of drug-likeness (QED) is 0.776. The van der Waals surface area contributed by atoms with E-state index >= 15 is 0 Å². The van der Waals surface area contributed by atoms with E-state index in [0.717, 1.165) is 0 Å². The fourth-order valence-electron chi connectivity index (χ4n) is 3.50. The summed E-state index contributed by atoms with van der Waals surface area (Å²) < 4.78 is 0. The number of carbonyl (C=O) groups is 3. The van der Waals surface area contributed by atoms with Gasteiger partial charge in [-0.1, -0.05) is 55.4 Å². The molecule has 5 heteroatoms. The normalized spacial score (nSPS) is 23.2. The lowest BCUT2D eigenvalue weighted by molar-refractivity contribution is -0.141. The van der Waals surface area contributed by atoms with E-state index in [1.54, 1.807) is 0 Å². The second-order valence-corrected chi connectivity index (χ2v) is 8.99. The number of rotatable bonds is 5. The lowest BCUT2D eigenvalue weighted by Gasteiger charge is -2.41. The summed E-state index contributed by atoms with van der Waals surface area (Å²) in [6.07, 6.45) is 1.52. The van der Waals surface area contributed by atoms with Crippen LogP contribution in [-0.2, 0) is 9.59 Å². The van der Waals surface area contributed by atoms with Crippen molar-refractivity contribution >= 4 is 17.7 Å². The second-order valence-electron chi connectivity index (χ2n) is 8.99. The van der Waals surface area contributed by atoms with Crippen molar-refractivity contribution in [1.29, 1.82) is 0 Å². The Labute approximate surface area is 146 Å². The molecule has 0 aromatic heterocycles. The zero-order valence-electron chi connectivity index (χ0n) is 16.5. The Morgan fingerprint density at radius 1 is 1.08 bits per heavy atom. The Morgan fingerprint density at radius 3 is 2.00 bits per heavy atom. The zero-order valence-corrected chi connectivity index (χ0v) is 16.5. The molecule has 1 rings (SSSR count). The van der Waals surface area contributed by atoms with E-state index < -0.39 is 5.92 Å². The number of Topliss-reactive ketones (excluding diaryl/α,β-unsaturated/α-hetero) is 1. The van der Waals surface area contributed by atoms with Crippen molar-refractivity contribution in [2.45, 2.75) is 86.7 Å². The largest absolute Gasteiger partial charge is 0.332 e. The van der Waals surface area contributed by atoms with Crippen LogP contribution in [0.1, 0.15) is 74.7 Å². The van der Waals surface area contributed by atoms with Gasteiger partial charge >= 0.3 is 6.03 Å². The fraction of sp³-hybridized carbons (Fsp3) is 0.842. The highest BCUT2D eigenvalue weighted by Crippen LogP contribution is 2.39. The molecule has 3 atom stereocenters. The summed E-state index contributed by atoms with van der Waals surface area (Å²) >= 11 is 0. The number of amides is 3. The number of urea groups is 1. The molecule has 5 nitrogen and oxygen atoms in total. The summed E-state index contributed by atoms with van der Waals surface area (Å²) in [6, 6.07) is -0.795. The Morgan fingerprint density at radius 2 is 1.62 bits per heavy atom. The summed E-state index contributed by atoms with van der Waals surface area (Å²) in [7, 11) is 0. The molecule has 1 unspecified atom stereocenters.